The zero-order valence-corrected chi connectivity index (χ0v) is 21.3. The average Bonchev–Trinajstić information content (AvgIpc) is 3.32. The van der Waals surface area contributed by atoms with Gasteiger partial charge in [0.2, 0.25) is 0 Å². The first-order chi connectivity index (χ1) is 17.1. The molecule has 10 heteroatoms. The van der Waals surface area contributed by atoms with E-state index in [4.69, 9.17) is 21.1 Å². The summed E-state index contributed by atoms with van der Waals surface area (Å²) >= 11 is 7.44. The second kappa shape index (κ2) is 12.1. The fraction of sp³-hybridized carbons (Fsp3) is 0.360. The molecule has 4 rings (SSSR count). The molecule has 3 aromatic rings. The molecule has 0 spiro atoms. The van der Waals surface area contributed by atoms with Gasteiger partial charge < -0.3 is 9.47 Å². The standard InChI is InChI=1S/C25H28ClN5O3S/c1-33-21-13-8-17(14-22(21)34-2)15-27-28-23(32)16-35-25-30-29-24(18-9-11-19(26)12-10-18)31(25)20-6-4-3-5-7-20/h8-15,20H,3-7,16H2,1-2H3,(H,28,32). The molecule has 35 heavy (non-hydrogen) atoms. The number of ether oxygens (including phenoxy) is 2. The Balaban J connectivity index is 1.43. The van der Waals surface area contributed by atoms with Crippen LogP contribution in [0.5, 0.6) is 11.5 Å². The number of halogens is 1. The molecule has 0 aliphatic heterocycles. The van der Waals surface area contributed by atoms with Crippen molar-refractivity contribution >= 4 is 35.5 Å². The third-order valence-electron chi connectivity index (χ3n) is 5.85. The minimum Gasteiger partial charge on any atom is -0.493 e. The summed E-state index contributed by atoms with van der Waals surface area (Å²) in [6.07, 6.45) is 7.32. The fourth-order valence-corrected chi connectivity index (χ4v) is 5.04. The van der Waals surface area contributed by atoms with Crippen LogP contribution in [0.2, 0.25) is 5.02 Å². The molecule has 0 bridgehead atoms. The summed E-state index contributed by atoms with van der Waals surface area (Å²) in [5, 5.41) is 14.4. The van der Waals surface area contributed by atoms with Crippen LogP contribution in [0.25, 0.3) is 11.4 Å². The molecule has 1 saturated carbocycles. The maximum absolute atomic E-state index is 12.5. The monoisotopic (exact) mass is 513 g/mol. The summed E-state index contributed by atoms with van der Waals surface area (Å²) < 4.78 is 12.7. The zero-order valence-electron chi connectivity index (χ0n) is 19.7. The van der Waals surface area contributed by atoms with Gasteiger partial charge in [-0.05, 0) is 60.9 Å². The normalized spacial score (nSPS) is 14.3. The van der Waals surface area contributed by atoms with Gasteiger partial charge in [0.25, 0.3) is 5.91 Å². The lowest BCUT2D eigenvalue weighted by Gasteiger charge is -2.25. The quantitative estimate of drug-likeness (QED) is 0.235. The molecule has 1 aliphatic carbocycles. The highest BCUT2D eigenvalue weighted by Crippen LogP contribution is 2.35. The molecule has 1 aliphatic rings. The Labute approximate surface area is 214 Å². The van der Waals surface area contributed by atoms with Crippen molar-refractivity contribution in [2.24, 2.45) is 5.10 Å². The van der Waals surface area contributed by atoms with E-state index in [0.717, 1.165) is 34.9 Å². The van der Waals surface area contributed by atoms with Crippen molar-refractivity contribution in [1.29, 1.82) is 0 Å². The van der Waals surface area contributed by atoms with Crippen molar-refractivity contribution in [3.05, 3.63) is 53.1 Å². The topological polar surface area (TPSA) is 90.6 Å². The van der Waals surface area contributed by atoms with Crippen LogP contribution in [-0.2, 0) is 4.79 Å². The molecular formula is C25H28ClN5O3S. The van der Waals surface area contributed by atoms with Gasteiger partial charge in [-0.1, -0.05) is 42.6 Å². The van der Waals surface area contributed by atoms with Gasteiger partial charge >= 0.3 is 0 Å². The minimum absolute atomic E-state index is 0.175. The highest BCUT2D eigenvalue weighted by atomic mass is 35.5. The first kappa shape index (κ1) is 25.1. The van der Waals surface area contributed by atoms with Crippen molar-refractivity contribution in [2.45, 2.75) is 43.3 Å². The number of carbonyl (C=O) groups excluding carboxylic acids is 1. The van der Waals surface area contributed by atoms with Crippen molar-refractivity contribution < 1.29 is 14.3 Å². The van der Waals surface area contributed by atoms with Gasteiger partial charge in [-0.15, -0.1) is 10.2 Å². The molecule has 1 heterocycles. The first-order valence-electron chi connectivity index (χ1n) is 11.5. The molecule has 1 amide bonds. The number of nitrogens with one attached hydrogen (secondary N) is 1. The third-order valence-corrected chi connectivity index (χ3v) is 7.04. The summed E-state index contributed by atoms with van der Waals surface area (Å²) in [6, 6.07) is 13.3. The number of hydrogen-bond acceptors (Lipinski definition) is 7. The Kier molecular flexibility index (Phi) is 8.65. The summed E-state index contributed by atoms with van der Waals surface area (Å²) in [7, 11) is 3.15. The molecule has 8 nitrogen and oxygen atoms in total. The molecule has 0 radical (unpaired) electrons. The maximum Gasteiger partial charge on any atom is 0.250 e. The van der Waals surface area contributed by atoms with Crippen molar-refractivity contribution in [1.82, 2.24) is 20.2 Å². The smallest absolute Gasteiger partial charge is 0.250 e. The lowest BCUT2D eigenvalue weighted by molar-refractivity contribution is -0.118. The van der Waals surface area contributed by atoms with E-state index < -0.39 is 0 Å². The number of nitrogens with zero attached hydrogens (tertiary/aromatic N) is 4. The largest absolute Gasteiger partial charge is 0.493 e. The summed E-state index contributed by atoms with van der Waals surface area (Å²) in [6.45, 7) is 0. The van der Waals surface area contributed by atoms with E-state index in [-0.39, 0.29) is 11.7 Å². The van der Waals surface area contributed by atoms with Crippen LogP contribution >= 0.6 is 23.4 Å². The highest BCUT2D eigenvalue weighted by Gasteiger charge is 2.24. The zero-order chi connectivity index (χ0) is 24.6. The Morgan fingerprint density at radius 3 is 2.57 bits per heavy atom. The number of carbonyl (C=O) groups is 1. The maximum atomic E-state index is 12.5. The molecular weight excluding hydrogens is 486 g/mol. The lowest BCUT2D eigenvalue weighted by atomic mass is 9.95. The van der Waals surface area contributed by atoms with Crippen LogP contribution in [0, 0.1) is 0 Å². The van der Waals surface area contributed by atoms with Crippen molar-refractivity contribution in [2.75, 3.05) is 20.0 Å². The summed E-state index contributed by atoms with van der Waals surface area (Å²) in [4.78, 5) is 12.5. The van der Waals surface area contributed by atoms with Crippen LogP contribution < -0.4 is 14.9 Å². The van der Waals surface area contributed by atoms with Crippen LogP contribution in [-0.4, -0.2) is 46.9 Å². The Morgan fingerprint density at radius 1 is 1.11 bits per heavy atom. The minimum atomic E-state index is -0.224. The molecule has 1 fully saturated rings. The van der Waals surface area contributed by atoms with E-state index in [0.29, 0.717) is 22.6 Å². The Morgan fingerprint density at radius 2 is 1.86 bits per heavy atom. The van der Waals surface area contributed by atoms with Gasteiger partial charge in [0, 0.05) is 16.6 Å². The lowest BCUT2D eigenvalue weighted by Crippen LogP contribution is -2.20. The number of methoxy groups -OCH3 is 2. The van der Waals surface area contributed by atoms with Gasteiger partial charge in [0.15, 0.2) is 22.5 Å². The van der Waals surface area contributed by atoms with Gasteiger partial charge in [0.05, 0.1) is 26.2 Å². The average molecular weight is 514 g/mol. The van der Waals surface area contributed by atoms with Gasteiger partial charge in [-0.2, -0.15) is 5.10 Å². The van der Waals surface area contributed by atoms with E-state index in [2.05, 4.69) is 25.3 Å². The molecule has 0 saturated heterocycles. The fourth-order valence-electron chi connectivity index (χ4n) is 4.11. The molecule has 0 unspecified atom stereocenters. The van der Waals surface area contributed by atoms with E-state index in [9.17, 15) is 4.79 Å². The predicted octanol–water partition coefficient (Wildman–Crippen LogP) is 5.36. The SMILES string of the molecule is COc1ccc(C=NNC(=O)CSc2nnc(-c3ccc(Cl)cc3)n2C2CCCCC2)cc1OC. The number of thioether (sulfide) groups is 1. The second-order valence-corrected chi connectivity index (χ2v) is 9.55. The summed E-state index contributed by atoms with van der Waals surface area (Å²) in [5.74, 6) is 1.98. The van der Waals surface area contributed by atoms with Crippen LogP contribution in [0.3, 0.4) is 0 Å². The molecule has 1 N–H and O–H groups in total. The summed E-state index contributed by atoms with van der Waals surface area (Å²) in [5.41, 5.74) is 4.32. The molecule has 2 aromatic carbocycles. The van der Waals surface area contributed by atoms with Crippen LogP contribution in [0.4, 0.5) is 0 Å². The Hall–Kier alpha value is -3.04. The molecule has 0 atom stereocenters. The predicted molar refractivity (Wildman–Crippen MR) is 139 cm³/mol. The number of hydrazone groups is 1. The van der Waals surface area contributed by atoms with Crippen LogP contribution in [0.1, 0.15) is 43.7 Å². The van der Waals surface area contributed by atoms with Crippen molar-refractivity contribution in [3.63, 3.8) is 0 Å². The van der Waals surface area contributed by atoms with Gasteiger partial charge in [0.1, 0.15) is 0 Å². The van der Waals surface area contributed by atoms with Gasteiger partial charge in [-0.3, -0.25) is 9.36 Å². The third kappa shape index (κ3) is 6.35. The van der Waals surface area contributed by atoms with E-state index in [1.807, 2.05) is 30.3 Å². The first-order valence-corrected chi connectivity index (χ1v) is 12.8. The van der Waals surface area contributed by atoms with E-state index in [1.54, 1.807) is 32.6 Å². The van der Waals surface area contributed by atoms with Crippen molar-refractivity contribution in [3.8, 4) is 22.9 Å². The highest BCUT2D eigenvalue weighted by molar-refractivity contribution is 7.99. The number of benzene rings is 2. The Bertz CT molecular complexity index is 1180. The molecule has 184 valence electrons. The number of amides is 1. The van der Waals surface area contributed by atoms with Gasteiger partial charge in [-0.25, -0.2) is 5.43 Å². The number of rotatable bonds is 9. The van der Waals surface area contributed by atoms with E-state index in [1.165, 1.54) is 31.0 Å². The number of aromatic nitrogens is 3. The van der Waals surface area contributed by atoms with Crippen LogP contribution in [0.15, 0.2) is 52.7 Å². The molecule has 1 aromatic heterocycles. The van der Waals surface area contributed by atoms with E-state index >= 15 is 0 Å². The number of hydrogen-bond donors (Lipinski definition) is 1. The second-order valence-electron chi connectivity index (χ2n) is 8.17.